The Kier molecular flexibility index (Phi) is 5.60. The molecule has 0 aliphatic heterocycles. The van der Waals surface area contributed by atoms with Crippen LogP contribution in [0.4, 0.5) is 0 Å². The molecule has 6 nitrogen and oxygen atoms in total. The van der Waals surface area contributed by atoms with E-state index in [0.717, 1.165) is 54.9 Å². The van der Waals surface area contributed by atoms with E-state index < -0.39 is 0 Å². The number of para-hydroxylation sites is 2. The summed E-state index contributed by atoms with van der Waals surface area (Å²) < 4.78 is 9.06. The van der Waals surface area contributed by atoms with Gasteiger partial charge in [0.05, 0.1) is 28.1 Å². The van der Waals surface area contributed by atoms with Crippen LogP contribution in [0.5, 0.6) is 0 Å². The molecule has 3 aromatic heterocycles. The lowest BCUT2D eigenvalue weighted by Gasteiger charge is -2.22. The minimum absolute atomic E-state index is 0.297. The smallest absolute Gasteiger partial charge is 0.238 e. The minimum atomic E-state index is -0.297. The van der Waals surface area contributed by atoms with E-state index in [1.165, 1.54) is 22.3 Å². The van der Waals surface area contributed by atoms with Gasteiger partial charge in [0.15, 0.2) is 11.6 Å². The van der Waals surface area contributed by atoms with Crippen molar-refractivity contribution in [1.29, 1.82) is 5.26 Å². The Bertz CT molecular complexity index is 2850. The second-order valence-electron chi connectivity index (χ2n) is 13.1. The Balaban J connectivity index is 1.42. The minimum Gasteiger partial charge on any atom is -0.455 e. The van der Waals surface area contributed by atoms with E-state index in [9.17, 15) is 5.26 Å². The van der Waals surface area contributed by atoms with E-state index in [4.69, 9.17) is 19.4 Å². The summed E-state index contributed by atoms with van der Waals surface area (Å²) in [6.45, 7) is 4.63. The zero-order valence-corrected chi connectivity index (χ0v) is 26.8. The normalized spacial score (nSPS) is 13.2. The van der Waals surface area contributed by atoms with Gasteiger partial charge in [0.25, 0.3) is 0 Å². The van der Waals surface area contributed by atoms with E-state index >= 15 is 0 Å². The van der Waals surface area contributed by atoms with Crippen LogP contribution in [0.25, 0.3) is 83.6 Å². The first-order valence-electron chi connectivity index (χ1n) is 16.4. The molecule has 0 N–H and O–H groups in total. The number of hydrogen-bond donors (Lipinski definition) is 0. The first-order chi connectivity index (χ1) is 24.0. The van der Waals surface area contributed by atoms with Gasteiger partial charge < -0.3 is 4.42 Å². The van der Waals surface area contributed by atoms with E-state index in [1.54, 1.807) is 12.1 Å². The maximum atomic E-state index is 9.46. The second-order valence-corrected chi connectivity index (χ2v) is 13.1. The van der Waals surface area contributed by atoms with Crippen molar-refractivity contribution in [3.8, 4) is 45.9 Å². The molecule has 10 rings (SSSR count). The van der Waals surface area contributed by atoms with E-state index in [1.807, 2.05) is 48.5 Å². The summed E-state index contributed by atoms with van der Waals surface area (Å²) in [5, 5.41) is 13.8. The van der Waals surface area contributed by atoms with Gasteiger partial charge in [-0.15, -0.1) is 0 Å². The van der Waals surface area contributed by atoms with Crippen LogP contribution in [0.3, 0.4) is 0 Å². The van der Waals surface area contributed by atoms with Crippen molar-refractivity contribution >= 4 is 43.7 Å². The van der Waals surface area contributed by atoms with Gasteiger partial charge in [-0.2, -0.15) is 15.2 Å². The molecule has 0 unspecified atom stereocenters. The Labute approximate surface area is 281 Å². The summed E-state index contributed by atoms with van der Waals surface area (Å²) in [6, 6.07) is 45.1. The molecule has 6 aromatic carbocycles. The molecule has 1 aliphatic rings. The SMILES string of the molecule is CC1(C)c2ccccc2-c2c1c1c3ccccc3oc1c1c3ccccc3n(-c3nc(-c4ccccc4)nc(-c4ccc(C#N)cc4)n3)c21. The highest BCUT2D eigenvalue weighted by molar-refractivity contribution is 6.29. The summed E-state index contributed by atoms with van der Waals surface area (Å²) >= 11 is 0. The van der Waals surface area contributed by atoms with Gasteiger partial charge in [-0.05, 0) is 53.1 Å². The molecule has 230 valence electrons. The molecule has 49 heavy (non-hydrogen) atoms. The Morgan fingerprint density at radius 3 is 2.08 bits per heavy atom. The molecule has 0 saturated heterocycles. The van der Waals surface area contributed by atoms with Crippen LogP contribution in [0.1, 0.15) is 30.5 Å². The highest BCUT2D eigenvalue weighted by atomic mass is 16.3. The standard InChI is InChI=1S/C43H27N5O/c1-43(2)31-17-9-6-14-28(31)34-37(43)35-30-16-8-11-19-33(30)49-39(35)36-29-15-7-10-18-32(29)48(38(34)36)42-46-40(26-12-4-3-5-13-26)45-41(47-42)27-22-20-25(24-44)21-23-27/h3-23H,1-2H3. The van der Waals surface area contributed by atoms with Crippen molar-refractivity contribution in [2.75, 3.05) is 0 Å². The number of fused-ring (bicyclic) bond motifs is 12. The average Bonchev–Trinajstić information content (AvgIpc) is 3.78. The number of nitrogens with zero attached hydrogens (tertiary/aromatic N) is 5. The van der Waals surface area contributed by atoms with Crippen LogP contribution in [0, 0.1) is 11.3 Å². The number of rotatable bonds is 3. The zero-order valence-electron chi connectivity index (χ0n) is 26.8. The quantitative estimate of drug-likeness (QED) is 0.194. The first kappa shape index (κ1) is 27.5. The van der Waals surface area contributed by atoms with Gasteiger partial charge in [-0.25, -0.2) is 4.98 Å². The summed E-state index contributed by atoms with van der Waals surface area (Å²) in [4.78, 5) is 15.4. The Morgan fingerprint density at radius 1 is 0.653 bits per heavy atom. The van der Waals surface area contributed by atoms with E-state index in [2.05, 4.69) is 91.2 Å². The fraction of sp³-hybridized carbons (Fsp3) is 0.0698. The molecule has 1 aliphatic carbocycles. The molecule has 0 atom stereocenters. The lowest BCUT2D eigenvalue weighted by atomic mass is 9.80. The molecule has 0 fully saturated rings. The van der Waals surface area contributed by atoms with Crippen LogP contribution in [0.2, 0.25) is 0 Å². The van der Waals surface area contributed by atoms with Gasteiger partial charge in [0, 0.05) is 38.3 Å². The third-order valence-corrected chi connectivity index (χ3v) is 10.1. The van der Waals surface area contributed by atoms with Crippen LogP contribution in [0.15, 0.2) is 132 Å². The molecule has 3 heterocycles. The van der Waals surface area contributed by atoms with E-state index in [-0.39, 0.29) is 5.41 Å². The summed E-state index contributed by atoms with van der Waals surface area (Å²) in [5.74, 6) is 1.61. The Morgan fingerprint density at radius 2 is 1.31 bits per heavy atom. The van der Waals surface area contributed by atoms with Crippen molar-refractivity contribution in [1.82, 2.24) is 19.5 Å². The topological polar surface area (TPSA) is 80.5 Å². The fourth-order valence-corrected chi connectivity index (χ4v) is 7.90. The van der Waals surface area contributed by atoms with Crippen LogP contribution in [-0.4, -0.2) is 19.5 Å². The van der Waals surface area contributed by atoms with Gasteiger partial charge in [0.2, 0.25) is 5.95 Å². The van der Waals surface area contributed by atoms with Gasteiger partial charge in [-0.1, -0.05) is 105 Å². The van der Waals surface area contributed by atoms with Crippen LogP contribution < -0.4 is 0 Å². The number of hydrogen-bond acceptors (Lipinski definition) is 5. The third kappa shape index (κ3) is 3.78. The molecular formula is C43H27N5O. The lowest BCUT2D eigenvalue weighted by Crippen LogP contribution is -2.15. The maximum absolute atomic E-state index is 9.46. The predicted octanol–water partition coefficient (Wildman–Crippen LogP) is 10.4. The van der Waals surface area contributed by atoms with E-state index in [0.29, 0.717) is 23.2 Å². The van der Waals surface area contributed by atoms with Crippen molar-refractivity contribution < 1.29 is 4.42 Å². The van der Waals surface area contributed by atoms with Crippen LogP contribution >= 0.6 is 0 Å². The van der Waals surface area contributed by atoms with Crippen molar-refractivity contribution in [2.45, 2.75) is 19.3 Å². The summed E-state index contributed by atoms with van der Waals surface area (Å²) in [7, 11) is 0. The molecule has 0 spiro atoms. The monoisotopic (exact) mass is 629 g/mol. The van der Waals surface area contributed by atoms with Crippen molar-refractivity contribution in [3.05, 3.63) is 144 Å². The second kappa shape index (κ2) is 9.96. The summed E-state index contributed by atoms with van der Waals surface area (Å²) in [5.41, 5.74) is 10.6. The van der Waals surface area contributed by atoms with Crippen molar-refractivity contribution in [2.24, 2.45) is 0 Å². The molecule has 0 saturated carbocycles. The Hall–Kier alpha value is -6.58. The highest BCUT2D eigenvalue weighted by Gasteiger charge is 2.41. The van der Waals surface area contributed by atoms with Gasteiger partial charge in [0.1, 0.15) is 11.2 Å². The number of furan rings is 1. The molecule has 0 radical (unpaired) electrons. The van der Waals surface area contributed by atoms with Gasteiger partial charge in [-0.3, -0.25) is 4.57 Å². The fourth-order valence-electron chi connectivity index (χ4n) is 7.90. The molecular weight excluding hydrogens is 603 g/mol. The van der Waals surface area contributed by atoms with Crippen LogP contribution in [-0.2, 0) is 5.41 Å². The highest BCUT2D eigenvalue weighted by Crippen LogP contribution is 2.57. The summed E-state index contributed by atoms with van der Waals surface area (Å²) in [6.07, 6.45) is 0. The number of benzene rings is 6. The average molecular weight is 630 g/mol. The lowest BCUT2D eigenvalue weighted by molar-refractivity contribution is 0.659. The molecule has 6 heteroatoms. The third-order valence-electron chi connectivity index (χ3n) is 10.1. The molecule has 0 amide bonds. The van der Waals surface area contributed by atoms with Gasteiger partial charge >= 0.3 is 0 Å². The number of aromatic nitrogens is 4. The largest absolute Gasteiger partial charge is 0.455 e. The zero-order chi connectivity index (χ0) is 32.9. The maximum Gasteiger partial charge on any atom is 0.238 e. The molecule has 9 aromatic rings. The molecule has 0 bridgehead atoms. The predicted molar refractivity (Wildman–Crippen MR) is 195 cm³/mol. The van der Waals surface area contributed by atoms with Crippen molar-refractivity contribution in [3.63, 3.8) is 0 Å². The first-order valence-corrected chi connectivity index (χ1v) is 16.4. The number of nitriles is 1.